The van der Waals surface area contributed by atoms with E-state index in [0.29, 0.717) is 24.3 Å². The average molecular weight is 412 g/mol. The topological polar surface area (TPSA) is 82.3 Å². The minimum absolute atomic E-state index is 0.216. The van der Waals surface area contributed by atoms with Gasteiger partial charge in [-0.15, -0.1) is 0 Å². The predicted octanol–water partition coefficient (Wildman–Crippen LogP) is 4.29. The zero-order valence-corrected chi connectivity index (χ0v) is 17.3. The molecule has 2 aromatic carbocycles. The third-order valence-corrected chi connectivity index (χ3v) is 7.31. The van der Waals surface area contributed by atoms with E-state index in [1.54, 1.807) is 28.6 Å². The molecule has 0 aliphatic carbocycles. The highest BCUT2D eigenvalue weighted by Gasteiger charge is 2.25. The number of amides is 1. The molecule has 0 radical (unpaired) electrons. The lowest BCUT2D eigenvalue weighted by Crippen LogP contribution is -2.32. The number of H-pyrrole nitrogens is 1. The summed E-state index contributed by atoms with van der Waals surface area (Å²) >= 11 is 0. The maximum Gasteiger partial charge on any atom is 0.258 e. The molecule has 1 aromatic heterocycles. The summed E-state index contributed by atoms with van der Waals surface area (Å²) in [5.41, 5.74) is 2.71. The Labute approximate surface area is 171 Å². The normalized spacial score (nSPS) is 15.9. The highest BCUT2D eigenvalue weighted by atomic mass is 32.2. The second-order valence-corrected chi connectivity index (χ2v) is 9.41. The number of hydrogen-bond donors (Lipinski definition) is 2. The van der Waals surface area contributed by atoms with Crippen LogP contribution in [-0.4, -0.2) is 36.7 Å². The van der Waals surface area contributed by atoms with E-state index in [9.17, 15) is 13.2 Å². The molecule has 1 fully saturated rings. The van der Waals surface area contributed by atoms with Gasteiger partial charge in [0.05, 0.1) is 10.5 Å². The maximum absolute atomic E-state index is 13.0. The van der Waals surface area contributed by atoms with Crippen molar-refractivity contribution in [2.45, 2.75) is 37.5 Å². The Morgan fingerprint density at radius 3 is 2.48 bits per heavy atom. The molecule has 7 heteroatoms. The zero-order chi connectivity index (χ0) is 20.4. The second kappa shape index (κ2) is 8.00. The van der Waals surface area contributed by atoms with Crippen molar-refractivity contribution in [3.63, 3.8) is 0 Å². The van der Waals surface area contributed by atoms with Gasteiger partial charge in [0.1, 0.15) is 0 Å². The number of carbonyl (C=O) groups excluding carboxylic acids is 1. The number of aromatic amines is 1. The van der Waals surface area contributed by atoms with E-state index in [-0.39, 0.29) is 10.8 Å². The fraction of sp³-hybridized carbons (Fsp3) is 0.318. The van der Waals surface area contributed by atoms with Crippen molar-refractivity contribution in [3.05, 3.63) is 59.8 Å². The van der Waals surface area contributed by atoms with Crippen LogP contribution >= 0.6 is 0 Å². The van der Waals surface area contributed by atoms with Gasteiger partial charge in [-0.25, -0.2) is 8.42 Å². The lowest BCUT2D eigenvalue weighted by molar-refractivity contribution is 0.102. The number of benzene rings is 2. The quantitative estimate of drug-likeness (QED) is 0.672. The largest absolute Gasteiger partial charge is 0.358 e. The number of rotatable bonds is 4. The van der Waals surface area contributed by atoms with Crippen molar-refractivity contribution >= 4 is 32.5 Å². The zero-order valence-electron chi connectivity index (χ0n) is 16.4. The van der Waals surface area contributed by atoms with Crippen molar-refractivity contribution < 1.29 is 13.2 Å². The van der Waals surface area contributed by atoms with Crippen molar-refractivity contribution in [1.29, 1.82) is 0 Å². The van der Waals surface area contributed by atoms with E-state index in [0.717, 1.165) is 42.3 Å². The van der Waals surface area contributed by atoms with Gasteiger partial charge in [-0.1, -0.05) is 37.1 Å². The average Bonchev–Trinajstić information content (AvgIpc) is 2.86. The van der Waals surface area contributed by atoms with Crippen LogP contribution in [0.4, 0.5) is 5.69 Å². The molecule has 6 nitrogen and oxygen atoms in total. The molecule has 1 saturated heterocycles. The number of nitrogens with one attached hydrogen (secondary N) is 2. The van der Waals surface area contributed by atoms with E-state index >= 15 is 0 Å². The Morgan fingerprint density at radius 1 is 1.00 bits per heavy atom. The van der Waals surface area contributed by atoms with Crippen LogP contribution in [0.3, 0.4) is 0 Å². The highest BCUT2D eigenvalue weighted by Crippen LogP contribution is 2.25. The molecule has 1 amide bonds. The third kappa shape index (κ3) is 3.93. The first kappa shape index (κ1) is 19.7. The standard InChI is InChI=1S/C22H25N3O3S/c1-16-21(19-11-4-5-12-20(19)23-16)22(26)24-17-9-8-10-18(15-17)29(27,28)25-13-6-2-3-7-14-25/h4-5,8-12,15,23H,2-3,6-7,13-14H2,1H3,(H,24,26). The summed E-state index contributed by atoms with van der Waals surface area (Å²) < 4.78 is 27.6. The van der Waals surface area contributed by atoms with Gasteiger partial charge in [0.15, 0.2) is 0 Å². The molecule has 0 unspecified atom stereocenters. The summed E-state index contributed by atoms with van der Waals surface area (Å²) in [6.07, 6.45) is 3.89. The number of carbonyl (C=O) groups is 1. The van der Waals surface area contributed by atoms with Crippen LogP contribution in [0.25, 0.3) is 10.9 Å². The molecule has 0 atom stereocenters. The van der Waals surface area contributed by atoms with E-state index in [1.165, 1.54) is 0 Å². The molecule has 2 heterocycles. The van der Waals surface area contributed by atoms with E-state index < -0.39 is 10.0 Å². The number of para-hydroxylation sites is 1. The molecule has 152 valence electrons. The van der Waals surface area contributed by atoms with Gasteiger partial charge < -0.3 is 10.3 Å². The molecule has 29 heavy (non-hydrogen) atoms. The number of fused-ring (bicyclic) bond motifs is 1. The molecule has 0 spiro atoms. The number of hydrogen-bond acceptors (Lipinski definition) is 3. The van der Waals surface area contributed by atoms with E-state index in [2.05, 4.69) is 10.3 Å². The van der Waals surface area contributed by atoms with Gasteiger partial charge in [-0.3, -0.25) is 4.79 Å². The van der Waals surface area contributed by atoms with Crippen LogP contribution in [0.1, 0.15) is 41.7 Å². The Balaban J connectivity index is 1.60. The Kier molecular flexibility index (Phi) is 5.43. The van der Waals surface area contributed by atoms with Crippen molar-refractivity contribution in [3.8, 4) is 0 Å². The fourth-order valence-electron chi connectivity index (χ4n) is 3.93. The molecule has 2 N–H and O–H groups in total. The Bertz CT molecular complexity index is 1140. The molecular weight excluding hydrogens is 386 g/mol. The van der Waals surface area contributed by atoms with Crippen LogP contribution in [0.2, 0.25) is 0 Å². The van der Waals surface area contributed by atoms with Gasteiger partial charge in [-0.2, -0.15) is 4.31 Å². The van der Waals surface area contributed by atoms with Crippen molar-refractivity contribution in [1.82, 2.24) is 9.29 Å². The monoisotopic (exact) mass is 411 g/mol. The van der Waals surface area contributed by atoms with Crippen molar-refractivity contribution in [2.24, 2.45) is 0 Å². The lowest BCUT2D eigenvalue weighted by atomic mass is 10.1. The summed E-state index contributed by atoms with van der Waals surface area (Å²) in [5.74, 6) is -0.260. The Morgan fingerprint density at radius 2 is 1.72 bits per heavy atom. The fourth-order valence-corrected chi connectivity index (χ4v) is 5.49. The first-order valence-electron chi connectivity index (χ1n) is 9.96. The molecule has 1 aliphatic rings. The van der Waals surface area contributed by atoms with Crippen LogP contribution in [0.15, 0.2) is 53.4 Å². The molecule has 3 aromatic rings. The molecule has 0 saturated carbocycles. The number of aromatic nitrogens is 1. The van der Waals surface area contributed by atoms with Crippen molar-refractivity contribution in [2.75, 3.05) is 18.4 Å². The lowest BCUT2D eigenvalue weighted by Gasteiger charge is -2.20. The minimum atomic E-state index is -3.56. The van der Waals surface area contributed by atoms with Gasteiger partial charge >= 0.3 is 0 Å². The third-order valence-electron chi connectivity index (χ3n) is 5.42. The summed E-state index contributed by atoms with van der Waals surface area (Å²) in [6, 6.07) is 14.1. The SMILES string of the molecule is Cc1[nH]c2ccccc2c1C(=O)Nc1cccc(S(=O)(=O)N2CCCCCC2)c1. The summed E-state index contributed by atoms with van der Waals surface area (Å²) in [4.78, 5) is 16.4. The predicted molar refractivity (Wildman–Crippen MR) is 115 cm³/mol. The maximum atomic E-state index is 13.0. The Hall–Kier alpha value is -2.64. The number of nitrogens with zero attached hydrogens (tertiary/aromatic N) is 1. The number of sulfonamides is 1. The van der Waals surface area contributed by atoms with Crippen LogP contribution in [0.5, 0.6) is 0 Å². The molecular formula is C22H25N3O3S. The van der Waals surface area contributed by atoms with Crippen LogP contribution < -0.4 is 5.32 Å². The van der Waals surface area contributed by atoms with E-state index in [1.807, 2.05) is 31.2 Å². The van der Waals surface area contributed by atoms with Crippen LogP contribution in [0, 0.1) is 6.92 Å². The smallest absolute Gasteiger partial charge is 0.258 e. The van der Waals surface area contributed by atoms with Gasteiger partial charge in [-0.05, 0) is 44.0 Å². The summed E-state index contributed by atoms with van der Waals surface area (Å²) in [7, 11) is -3.56. The van der Waals surface area contributed by atoms with Gasteiger partial charge in [0.2, 0.25) is 10.0 Å². The van der Waals surface area contributed by atoms with Gasteiger partial charge in [0, 0.05) is 35.4 Å². The number of aryl methyl sites for hydroxylation is 1. The van der Waals surface area contributed by atoms with Crippen LogP contribution in [-0.2, 0) is 10.0 Å². The first-order valence-corrected chi connectivity index (χ1v) is 11.4. The molecule has 0 bridgehead atoms. The second-order valence-electron chi connectivity index (χ2n) is 7.47. The van der Waals surface area contributed by atoms with E-state index in [4.69, 9.17) is 0 Å². The summed E-state index contributed by atoms with van der Waals surface area (Å²) in [6.45, 7) is 2.95. The molecule has 4 rings (SSSR count). The minimum Gasteiger partial charge on any atom is -0.358 e. The number of anilines is 1. The van der Waals surface area contributed by atoms with Gasteiger partial charge in [0.25, 0.3) is 5.91 Å². The first-order chi connectivity index (χ1) is 14.0. The molecule has 1 aliphatic heterocycles. The highest BCUT2D eigenvalue weighted by molar-refractivity contribution is 7.89. The summed E-state index contributed by atoms with van der Waals surface area (Å²) in [5, 5.41) is 3.71.